The molecule has 0 aliphatic rings. The summed E-state index contributed by atoms with van der Waals surface area (Å²) < 4.78 is 71.7. The van der Waals surface area contributed by atoms with E-state index in [1.807, 2.05) is 24.3 Å². The number of hydrogen-bond donors (Lipinski definition) is 0. The van der Waals surface area contributed by atoms with Gasteiger partial charge >= 0.3 is 0 Å². The minimum absolute atomic E-state index is 0.0899. The van der Waals surface area contributed by atoms with Gasteiger partial charge in [0.05, 0.1) is 0 Å². The predicted octanol–water partition coefficient (Wildman–Crippen LogP) is 6.14. The van der Waals surface area contributed by atoms with Gasteiger partial charge in [0, 0.05) is 0 Å². The largest absolute Gasteiger partial charge is 0.487 e. The molecule has 0 heterocycles. The Morgan fingerprint density at radius 1 is 0.529 bits per heavy atom. The van der Waals surface area contributed by atoms with Crippen LogP contribution in [0.25, 0.3) is 0 Å². The first-order chi connectivity index (χ1) is 16.5. The van der Waals surface area contributed by atoms with Crippen molar-refractivity contribution in [1.29, 1.82) is 0 Å². The maximum Gasteiger partial charge on any atom is 0.161 e. The molecule has 0 N–H and O–H groups in total. The lowest BCUT2D eigenvalue weighted by molar-refractivity contribution is 0.234. The summed E-state index contributed by atoms with van der Waals surface area (Å²) in [4.78, 5) is 0. The van der Waals surface area contributed by atoms with Crippen molar-refractivity contribution in [3.05, 3.63) is 47.5 Å². The standard InChI is InChI=1S/C26H34F4O4/c1-19(15-21-3-5-23(31-11-7-27)25(17-21)33-13-9-29)20(2)16-22-4-6-24(32-12-8-28)26(18-22)34-14-10-30/h3-6,17-20H,7-16H2,1-2H3/t19-,20-/m1/s1. The smallest absolute Gasteiger partial charge is 0.161 e. The van der Waals surface area contributed by atoms with E-state index >= 15 is 0 Å². The summed E-state index contributed by atoms with van der Waals surface area (Å²) in [6, 6.07) is 10.9. The van der Waals surface area contributed by atoms with Crippen molar-refractivity contribution in [2.45, 2.75) is 26.7 Å². The fourth-order valence-electron chi connectivity index (χ4n) is 3.56. The molecule has 0 radical (unpaired) electrons. The molecule has 4 nitrogen and oxygen atoms in total. The van der Waals surface area contributed by atoms with Gasteiger partial charge in [-0.05, 0) is 60.1 Å². The summed E-state index contributed by atoms with van der Waals surface area (Å²) in [7, 11) is 0. The van der Waals surface area contributed by atoms with E-state index in [1.54, 1.807) is 12.1 Å². The van der Waals surface area contributed by atoms with Crippen molar-refractivity contribution < 1.29 is 36.5 Å². The highest BCUT2D eigenvalue weighted by Gasteiger charge is 2.17. The minimum Gasteiger partial charge on any atom is -0.487 e. The molecule has 0 aliphatic carbocycles. The highest BCUT2D eigenvalue weighted by Crippen LogP contribution is 2.33. The van der Waals surface area contributed by atoms with Gasteiger partial charge < -0.3 is 18.9 Å². The number of benzene rings is 2. The van der Waals surface area contributed by atoms with Crippen LogP contribution in [-0.2, 0) is 12.8 Å². The fourth-order valence-corrected chi connectivity index (χ4v) is 3.56. The van der Waals surface area contributed by atoms with Crippen molar-refractivity contribution in [2.75, 3.05) is 53.1 Å². The van der Waals surface area contributed by atoms with Crippen LogP contribution in [0.1, 0.15) is 25.0 Å². The average molecular weight is 487 g/mol. The molecule has 8 heteroatoms. The van der Waals surface area contributed by atoms with E-state index < -0.39 is 26.7 Å². The van der Waals surface area contributed by atoms with Crippen molar-refractivity contribution in [2.24, 2.45) is 11.8 Å². The van der Waals surface area contributed by atoms with Gasteiger partial charge in [0.25, 0.3) is 0 Å². The average Bonchev–Trinajstić information content (AvgIpc) is 2.84. The van der Waals surface area contributed by atoms with Crippen LogP contribution in [-0.4, -0.2) is 53.1 Å². The molecule has 0 aromatic heterocycles. The Kier molecular flexibility index (Phi) is 12.4. The van der Waals surface area contributed by atoms with Crippen molar-refractivity contribution in [3.8, 4) is 23.0 Å². The molecule has 0 spiro atoms. The quantitative estimate of drug-likeness (QED) is 0.252. The monoisotopic (exact) mass is 486 g/mol. The van der Waals surface area contributed by atoms with Gasteiger partial charge in [-0.3, -0.25) is 0 Å². The second kappa shape index (κ2) is 15.3. The lowest BCUT2D eigenvalue weighted by atomic mass is 9.85. The summed E-state index contributed by atoms with van der Waals surface area (Å²) in [6.07, 6.45) is 1.50. The van der Waals surface area contributed by atoms with E-state index in [0.717, 1.165) is 24.0 Å². The first-order valence-electron chi connectivity index (χ1n) is 11.5. The van der Waals surface area contributed by atoms with E-state index in [2.05, 4.69) is 13.8 Å². The van der Waals surface area contributed by atoms with E-state index in [9.17, 15) is 17.6 Å². The van der Waals surface area contributed by atoms with E-state index in [1.165, 1.54) is 0 Å². The molecule has 0 saturated heterocycles. The predicted molar refractivity (Wildman–Crippen MR) is 125 cm³/mol. The third-order valence-corrected chi connectivity index (χ3v) is 5.44. The summed E-state index contributed by atoms with van der Waals surface area (Å²) in [6.45, 7) is 1.40. The molecule has 190 valence electrons. The summed E-state index contributed by atoms with van der Waals surface area (Å²) >= 11 is 0. The third kappa shape index (κ3) is 8.95. The fraction of sp³-hybridized carbons (Fsp3) is 0.538. The Labute approximate surface area is 199 Å². The number of alkyl halides is 4. The lowest BCUT2D eigenvalue weighted by Crippen LogP contribution is -2.14. The number of hydrogen-bond acceptors (Lipinski definition) is 4. The van der Waals surface area contributed by atoms with Gasteiger partial charge in [-0.25, -0.2) is 17.6 Å². The summed E-state index contributed by atoms with van der Waals surface area (Å²) in [5.41, 5.74) is 2.01. The molecule has 2 rings (SSSR count). The van der Waals surface area contributed by atoms with Gasteiger partial charge in [0.15, 0.2) is 23.0 Å². The molecule has 2 aromatic carbocycles. The highest BCUT2D eigenvalue weighted by molar-refractivity contribution is 5.44. The first kappa shape index (κ1) is 27.6. The molecule has 0 aliphatic heterocycles. The third-order valence-electron chi connectivity index (χ3n) is 5.44. The van der Waals surface area contributed by atoms with Crippen molar-refractivity contribution >= 4 is 0 Å². The van der Waals surface area contributed by atoms with Crippen LogP contribution in [0.2, 0.25) is 0 Å². The second-order valence-corrected chi connectivity index (χ2v) is 8.07. The number of rotatable bonds is 17. The van der Waals surface area contributed by atoms with E-state index in [4.69, 9.17) is 18.9 Å². The lowest BCUT2D eigenvalue weighted by Gasteiger charge is -2.22. The number of halogens is 4. The van der Waals surface area contributed by atoms with Gasteiger partial charge in [-0.2, -0.15) is 0 Å². The van der Waals surface area contributed by atoms with Crippen LogP contribution in [0, 0.1) is 11.8 Å². The van der Waals surface area contributed by atoms with Crippen molar-refractivity contribution in [1.82, 2.24) is 0 Å². The van der Waals surface area contributed by atoms with Crippen molar-refractivity contribution in [3.63, 3.8) is 0 Å². The van der Waals surface area contributed by atoms with Crippen LogP contribution in [0.5, 0.6) is 23.0 Å². The molecule has 0 unspecified atom stereocenters. The molecular weight excluding hydrogens is 452 g/mol. The van der Waals surface area contributed by atoms with Crippen LogP contribution < -0.4 is 18.9 Å². The van der Waals surface area contributed by atoms with Gasteiger partial charge in [-0.1, -0.05) is 26.0 Å². The van der Waals surface area contributed by atoms with E-state index in [0.29, 0.717) is 23.0 Å². The molecular formula is C26H34F4O4. The molecule has 34 heavy (non-hydrogen) atoms. The molecule has 0 amide bonds. The van der Waals surface area contributed by atoms with E-state index in [-0.39, 0.29) is 38.3 Å². The van der Waals surface area contributed by atoms with Gasteiger partial charge in [-0.15, -0.1) is 0 Å². The zero-order valence-corrected chi connectivity index (χ0v) is 19.8. The molecule has 0 saturated carbocycles. The second-order valence-electron chi connectivity index (χ2n) is 8.07. The van der Waals surface area contributed by atoms with Gasteiger partial charge in [0.1, 0.15) is 53.1 Å². The van der Waals surface area contributed by atoms with Gasteiger partial charge in [0.2, 0.25) is 0 Å². The van der Waals surface area contributed by atoms with Crippen LogP contribution in [0.4, 0.5) is 17.6 Å². The maximum absolute atomic E-state index is 12.6. The Bertz CT molecular complexity index is 780. The zero-order chi connectivity index (χ0) is 24.8. The minimum atomic E-state index is -0.630. The van der Waals surface area contributed by atoms with Crippen LogP contribution in [0.15, 0.2) is 36.4 Å². The first-order valence-corrected chi connectivity index (χ1v) is 11.5. The Hall–Kier alpha value is -2.64. The Morgan fingerprint density at radius 3 is 1.18 bits per heavy atom. The summed E-state index contributed by atoms with van der Waals surface area (Å²) in [5, 5.41) is 0. The molecule has 0 bridgehead atoms. The van der Waals surface area contributed by atoms with Crippen LogP contribution in [0.3, 0.4) is 0 Å². The zero-order valence-electron chi connectivity index (χ0n) is 19.8. The maximum atomic E-state index is 12.6. The number of ether oxygens (including phenoxy) is 4. The normalized spacial score (nSPS) is 12.8. The Balaban J connectivity index is 2.06. The molecule has 0 fully saturated rings. The molecule has 2 atom stereocenters. The highest BCUT2D eigenvalue weighted by atomic mass is 19.1. The summed E-state index contributed by atoms with van der Waals surface area (Å²) in [5.74, 6) is 2.16. The Morgan fingerprint density at radius 2 is 0.853 bits per heavy atom. The SMILES string of the molecule is C[C@H](Cc1ccc(OCCF)c(OCCF)c1)[C@H](C)Cc1ccc(OCCF)c(OCCF)c1. The topological polar surface area (TPSA) is 36.9 Å². The van der Waals surface area contributed by atoms with Crippen LogP contribution >= 0.6 is 0 Å². The molecule has 2 aromatic rings.